The van der Waals surface area contributed by atoms with Gasteiger partial charge in [0, 0.05) is 12.6 Å². The van der Waals surface area contributed by atoms with E-state index in [-0.39, 0.29) is 25.9 Å². The predicted octanol–water partition coefficient (Wildman–Crippen LogP) is 6.90. The molecule has 0 aromatic heterocycles. The summed E-state index contributed by atoms with van der Waals surface area (Å²) in [6.07, 6.45) is 7.49. The van der Waals surface area contributed by atoms with Gasteiger partial charge in [0.05, 0.1) is 125 Å². The van der Waals surface area contributed by atoms with Gasteiger partial charge in [0.25, 0.3) is 0 Å². The van der Waals surface area contributed by atoms with Gasteiger partial charge in [-0.2, -0.15) is 8.78 Å². The van der Waals surface area contributed by atoms with Gasteiger partial charge < -0.3 is 47.4 Å². The van der Waals surface area contributed by atoms with Gasteiger partial charge in [-0.25, -0.2) is 8.78 Å². The molecule has 0 aliphatic rings. The Morgan fingerprint density at radius 2 is 1.06 bits per heavy atom. The van der Waals surface area contributed by atoms with E-state index in [4.69, 9.17) is 42.6 Å². The fourth-order valence-corrected chi connectivity index (χ4v) is 5.86. The van der Waals surface area contributed by atoms with E-state index in [9.17, 15) is 22.4 Å². The van der Waals surface area contributed by atoms with Crippen LogP contribution in [0.2, 0.25) is 0 Å². The Hall–Kier alpha value is -4.49. The molecule has 0 heterocycles. The van der Waals surface area contributed by atoms with Gasteiger partial charge in [-0.1, -0.05) is 73.3 Å². The molecule has 16 heteroatoms. The van der Waals surface area contributed by atoms with Crippen LogP contribution < -0.4 is 14.8 Å². The maximum atomic E-state index is 13.6. The second kappa shape index (κ2) is 31.4. The van der Waals surface area contributed by atoms with Crippen molar-refractivity contribution in [2.75, 3.05) is 119 Å². The van der Waals surface area contributed by atoms with Crippen molar-refractivity contribution < 1.29 is 69.7 Å². The van der Waals surface area contributed by atoms with Gasteiger partial charge in [-0.05, 0) is 35.8 Å². The molecule has 3 aromatic carbocycles. The van der Waals surface area contributed by atoms with Crippen molar-refractivity contribution in [3.63, 3.8) is 0 Å². The number of rotatable bonds is 35. The minimum atomic E-state index is -1.79. The van der Waals surface area contributed by atoms with Crippen LogP contribution in [0, 0.1) is 23.3 Å². The van der Waals surface area contributed by atoms with E-state index >= 15 is 0 Å². The van der Waals surface area contributed by atoms with Gasteiger partial charge in [-0.3, -0.25) is 10.1 Å². The highest BCUT2D eigenvalue weighted by molar-refractivity contribution is 5.72. The smallest absolute Gasteiger partial charge is 0.313 e. The highest BCUT2D eigenvalue weighted by Crippen LogP contribution is 2.38. The summed E-state index contributed by atoms with van der Waals surface area (Å²) in [6, 6.07) is 18.4. The largest absolute Gasteiger partial charge is 0.497 e. The molecular formula is C46H59F4NO11. The van der Waals surface area contributed by atoms with Crippen LogP contribution in [0.3, 0.4) is 0 Å². The highest BCUT2D eigenvalue weighted by atomic mass is 19.2. The number of hydrogen-bond acceptors (Lipinski definition) is 12. The Morgan fingerprint density at radius 3 is 1.50 bits per heavy atom. The normalized spacial score (nSPS) is 12.8. The Balaban J connectivity index is 1.12. The first kappa shape index (κ1) is 51.9. The third-order valence-electron chi connectivity index (χ3n) is 8.86. The van der Waals surface area contributed by atoms with Crippen molar-refractivity contribution in [2.45, 2.75) is 18.9 Å². The zero-order chi connectivity index (χ0) is 44.7. The van der Waals surface area contributed by atoms with Gasteiger partial charge in [0.1, 0.15) is 5.75 Å². The molecule has 0 aliphatic heterocycles. The first-order chi connectivity index (χ1) is 30.3. The fraction of sp³-hybridized carbons (Fsp3) is 0.457. The number of allylic oxidation sites excluding steroid dienone is 3. The van der Waals surface area contributed by atoms with Crippen molar-refractivity contribution in [1.82, 2.24) is 5.32 Å². The zero-order valence-corrected chi connectivity index (χ0v) is 35.5. The molecule has 0 saturated carbocycles. The van der Waals surface area contributed by atoms with Gasteiger partial charge in [0.15, 0.2) is 11.6 Å². The molecule has 0 fully saturated rings. The van der Waals surface area contributed by atoms with Crippen molar-refractivity contribution in [2.24, 2.45) is 0 Å². The number of hydrogen-bond donors (Lipinski definition) is 1. The molecule has 0 aliphatic carbocycles. The van der Waals surface area contributed by atoms with Crippen LogP contribution in [0.5, 0.6) is 11.5 Å². The molecule has 1 atom stereocenters. The first-order valence-electron chi connectivity index (χ1n) is 20.3. The number of methoxy groups -OCH3 is 1. The van der Waals surface area contributed by atoms with E-state index < -0.39 is 46.9 Å². The average molecular weight is 878 g/mol. The van der Waals surface area contributed by atoms with E-state index in [2.05, 4.69) is 53.1 Å². The first-order valence-corrected chi connectivity index (χ1v) is 20.3. The Labute approximate surface area is 361 Å². The van der Waals surface area contributed by atoms with E-state index in [1.54, 1.807) is 13.2 Å². The minimum absolute atomic E-state index is 0.0198. The minimum Gasteiger partial charge on any atom is -0.497 e. The van der Waals surface area contributed by atoms with Crippen molar-refractivity contribution >= 4 is 5.97 Å². The summed E-state index contributed by atoms with van der Waals surface area (Å²) in [6.45, 7) is 12.0. The van der Waals surface area contributed by atoms with Crippen LogP contribution in [0.1, 0.15) is 24.5 Å². The lowest BCUT2D eigenvalue weighted by Gasteiger charge is -2.38. The second-order valence-corrected chi connectivity index (χ2v) is 13.0. The quantitative estimate of drug-likeness (QED) is 0.0165. The van der Waals surface area contributed by atoms with E-state index in [0.29, 0.717) is 92.4 Å². The summed E-state index contributed by atoms with van der Waals surface area (Å²) in [5.74, 6) is -8.71. The molecule has 0 saturated heterocycles. The summed E-state index contributed by atoms with van der Waals surface area (Å²) in [7, 11) is 1.66. The molecule has 0 unspecified atom stereocenters. The summed E-state index contributed by atoms with van der Waals surface area (Å²) >= 11 is 0. The van der Waals surface area contributed by atoms with Crippen LogP contribution in [0.15, 0.2) is 97.1 Å². The second-order valence-electron chi connectivity index (χ2n) is 13.0. The fourth-order valence-electron chi connectivity index (χ4n) is 5.86. The Morgan fingerprint density at radius 1 is 0.629 bits per heavy atom. The average Bonchev–Trinajstić information content (AvgIpc) is 3.29. The molecule has 3 rings (SSSR count). The van der Waals surface area contributed by atoms with Crippen molar-refractivity contribution in [3.8, 4) is 11.5 Å². The maximum Gasteiger partial charge on any atom is 0.313 e. The van der Waals surface area contributed by atoms with E-state index in [0.717, 1.165) is 22.4 Å². The number of nitrogens with one attached hydrogen (secondary N) is 1. The lowest BCUT2D eigenvalue weighted by molar-refractivity contribution is -0.136. The molecule has 1 N–H and O–H groups in total. The SMILES string of the molecule is C=C/C=C\C(=C/C)[C@@](NCCOCCOCCOCCOCCOCCOCCOCCOCCC(=O)Oc1c(F)c(F)cc(F)c1F)(c1ccccc1)c1ccc(OC)cc1. The van der Waals surface area contributed by atoms with Crippen LogP contribution >= 0.6 is 0 Å². The van der Waals surface area contributed by atoms with E-state index in [1.165, 1.54) is 0 Å². The zero-order valence-electron chi connectivity index (χ0n) is 35.5. The standard InChI is InChI=1S/C46H59F4NO11/c1-4-6-10-36(5-2)46(37-11-8-7-9-12-37,38-13-15-39(53-3)16-14-38)51-18-20-55-22-24-57-26-28-59-30-32-61-34-33-60-31-29-58-27-25-56-23-21-54-19-17-42(52)62-45-43(49)40(47)35-41(48)44(45)50/h4-16,35,51H,1,17-34H2,2-3H3/b10-6-,36-5+/t46-/m1/s1. The lowest BCUT2D eigenvalue weighted by Crippen LogP contribution is -2.46. The number of esters is 1. The number of carbonyl (C=O) groups excluding carboxylic acids is 1. The van der Waals surface area contributed by atoms with Crippen LogP contribution in [-0.2, 0) is 48.2 Å². The van der Waals surface area contributed by atoms with E-state index in [1.807, 2.05) is 43.3 Å². The molecule has 342 valence electrons. The van der Waals surface area contributed by atoms with Crippen LogP contribution in [0.25, 0.3) is 0 Å². The van der Waals surface area contributed by atoms with Gasteiger partial charge in [0.2, 0.25) is 17.4 Å². The molecule has 0 spiro atoms. The van der Waals surface area contributed by atoms with Crippen LogP contribution in [-0.4, -0.2) is 125 Å². The third kappa shape index (κ3) is 18.5. The number of carbonyl (C=O) groups is 1. The van der Waals surface area contributed by atoms with Gasteiger partial charge in [-0.15, -0.1) is 0 Å². The summed E-state index contributed by atoms with van der Waals surface area (Å²) < 4.78 is 107. The molecular weight excluding hydrogens is 818 g/mol. The summed E-state index contributed by atoms with van der Waals surface area (Å²) in [5, 5.41) is 3.79. The summed E-state index contributed by atoms with van der Waals surface area (Å²) in [4.78, 5) is 11.7. The molecule has 0 bridgehead atoms. The third-order valence-corrected chi connectivity index (χ3v) is 8.86. The number of benzene rings is 3. The molecule has 3 aromatic rings. The number of halogens is 4. The Bertz CT molecular complexity index is 1740. The predicted molar refractivity (Wildman–Crippen MR) is 224 cm³/mol. The monoisotopic (exact) mass is 877 g/mol. The van der Waals surface area contributed by atoms with Crippen molar-refractivity contribution in [3.05, 3.63) is 132 Å². The molecule has 0 amide bonds. The Kier molecular flexibility index (Phi) is 26.2. The summed E-state index contributed by atoms with van der Waals surface area (Å²) in [5.41, 5.74) is 2.58. The van der Waals surface area contributed by atoms with Crippen molar-refractivity contribution in [1.29, 1.82) is 0 Å². The van der Waals surface area contributed by atoms with Gasteiger partial charge >= 0.3 is 5.97 Å². The molecule has 62 heavy (non-hydrogen) atoms. The topological polar surface area (TPSA) is 121 Å². The highest BCUT2D eigenvalue weighted by Gasteiger charge is 2.36. The molecule has 12 nitrogen and oxygen atoms in total. The number of ether oxygens (including phenoxy) is 10. The molecule has 0 radical (unpaired) electrons. The van der Waals surface area contributed by atoms with Crippen LogP contribution in [0.4, 0.5) is 17.6 Å². The lowest BCUT2D eigenvalue weighted by atomic mass is 9.76. The maximum absolute atomic E-state index is 13.6.